The molecule has 1 heterocycles. The van der Waals surface area contributed by atoms with Crippen LogP contribution in [0.3, 0.4) is 0 Å². The van der Waals surface area contributed by atoms with Crippen molar-refractivity contribution in [3.63, 3.8) is 0 Å². The molecule has 0 bridgehead atoms. The average molecular weight is 340 g/mol. The second-order valence-corrected chi connectivity index (χ2v) is 7.29. The van der Waals surface area contributed by atoms with Crippen molar-refractivity contribution in [1.82, 2.24) is 15.1 Å². The number of nitrogens with one attached hydrogen (secondary N) is 1. The normalized spacial score (nSPS) is 21.0. The Hall–Kier alpha value is -1.90. The maximum absolute atomic E-state index is 12.4. The number of nitrogens with zero attached hydrogens (tertiary/aromatic N) is 3. The van der Waals surface area contributed by atoms with Crippen LogP contribution in [0.5, 0.6) is 0 Å². The Kier molecular flexibility index (Phi) is 6.06. The Bertz CT molecular complexity index is 608. The molecule has 5 nitrogen and oxygen atoms in total. The summed E-state index contributed by atoms with van der Waals surface area (Å²) < 4.78 is 0. The molecule has 0 aromatic heterocycles. The highest BCUT2D eigenvalue weighted by atomic mass is 16.2. The molecule has 134 valence electrons. The van der Waals surface area contributed by atoms with E-state index >= 15 is 0 Å². The molecule has 1 atom stereocenters. The highest BCUT2D eigenvalue weighted by Gasteiger charge is 2.27. The van der Waals surface area contributed by atoms with E-state index in [2.05, 4.69) is 21.2 Å². The van der Waals surface area contributed by atoms with Crippen LogP contribution in [0.15, 0.2) is 24.3 Å². The summed E-state index contributed by atoms with van der Waals surface area (Å²) in [5, 5.41) is 12.1. The fourth-order valence-electron chi connectivity index (χ4n) is 3.81. The minimum absolute atomic E-state index is 0.0438. The molecule has 1 aliphatic carbocycles. The van der Waals surface area contributed by atoms with Gasteiger partial charge in [-0.05, 0) is 37.5 Å². The summed E-state index contributed by atoms with van der Waals surface area (Å²) in [5.41, 5.74) is 1.94. The van der Waals surface area contributed by atoms with Crippen molar-refractivity contribution in [2.45, 2.75) is 51.2 Å². The molecule has 1 aromatic carbocycles. The van der Waals surface area contributed by atoms with Gasteiger partial charge in [-0.1, -0.05) is 25.0 Å². The number of hydrogen-bond donors (Lipinski definition) is 1. The third kappa shape index (κ3) is 4.81. The van der Waals surface area contributed by atoms with Gasteiger partial charge in [0.25, 0.3) is 0 Å². The maximum atomic E-state index is 12.4. The lowest BCUT2D eigenvalue weighted by Gasteiger charge is -2.37. The second kappa shape index (κ2) is 8.46. The minimum atomic E-state index is -0.0438. The van der Waals surface area contributed by atoms with Gasteiger partial charge in [0.2, 0.25) is 5.91 Å². The first-order valence-corrected chi connectivity index (χ1v) is 9.41. The van der Waals surface area contributed by atoms with E-state index in [-0.39, 0.29) is 11.9 Å². The van der Waals surface area contributed by atoms with Crippen LogP contribution in [0.25, 0.3) is 0 Å². The molecule has 1 aromatic rings. The summed E-state index contributed by atoms with van der Waals surface area (Å²) in [6, 6.07) is 10.3. The van der Waals surface area contributed by atoms with Gasteiger partial charge in [-0.2, -0.15) is 5.26 Å². The number of amides is 1. The van der Waals surface area contributed by atoms with Crippen molar-refractivity contribution in [2.24, 2.45) is 0 Å². The zero-order chi connectivity index (χ0) is 17.6. The topological polar surface area (TPSA) is 59.4 Å². The molecule has 1 aliphatic heterocycles. The van der Waals surface area contributed by atoms with Crippen molar-refractivity contribution >= 4 is 5.91 Å². The lowest BCUT2D eigenvalue weighted by Crippen LogP contribution is -2.54. The molecule has 1 unspecified atom stereocenters. The van der Waals surface area contributed by atoms with Gasteiger partial charge in [0.1, 0.15) is 0 Å². The third-order valence-electron chi connectivity index (χ3n) is 5.52. The quantitative estimate of drug-likeness (QED) is 0.892. The monoisotopic (exact) mass is 340 g/mol. The van der Waals surface area contributed by atoms with Gasteiger partial charge in [-0.25, -0.2) is 0 Å². The Morgan fingerprint density at radius 2 is 1.84 bits per heavy atom. The molecule has 0 radical (unpaired) electrons. The van der Waals surface area contributed by atoms with Gasteiger partial charge >= 0.3 is 0 Å². The van der Waals surface area contributed by atoms with Gasteiger partial charge < -0.3 is 5.32 Å². The predicted molar refractivity (Wildman–Crippen MR) is 97.9 cm³/mol. The number of hydrogen-bond acceptors (Lipinski definition) is 4. The van der Waals surface area contributed by atoms with Crippen LogP contribution in [0, 0.1) is 11.3 Å². The molecule has 5 heteroatoms. The van der Waals surface area contributed by atoms with E-state index in [4.69, 9.17) is 5.26 Å². The molecule has 1 saturated carbocycles. The van der Waals surface area contributed by atoms with E-state index in [9.17, 15) is 4.79 Å². The van der Waals surface area contributed by atoms with Crippen molar-refractivity contribution < 1.29 is 4.79 Å². The van der Waals surface area contributed by atoms with Crippen LogP contribution in [-0.4, -0.2) is 54.0 Å². The van der Waals surface area contributed by atoms with Crippen molar-refractivity contribution in [2.75, 3.05) is 26.2 Å². The van der Waals surface area contributed by atoms with Gasteiger partial charge in [-0.3, -0.25) is 14.6 Å². The third-order valence-corrected chi connectivity index (χ3v) is 5.52. The van der Waals surface area contributed by atoms with Crippen molar-refractivity contribution in [3.8, 4) is 6.07 Å². The highest BCUT2D eigenvalue weighted by molar-refractivity contribution is 5.81. The molecular formula is C20H28N4O. The summed E-state index contributed by atoms with van der Waals surface area (Å²) in [6.45, 7) is 6.73. The Morgan fingerprint density at radius 3 is 2.44 bits per heavy atom. The summed E-state index contributed by atoms with van der Waals surface area (Å²) in [6.07, 6.45) is 4.76. The summed E-state index contributed by atoms with van der Waals surface area (Å²) >= 11 is 0. The molecule has 1 amide bonds. The molecule has 2 fully saturated rings. The first-order chi connectivity index (χ1) is 12.2. The second-order valence-electron chi connectivity index (χ2n) is 7.29. The fraction of sp³-hybridized carbons (Fsp3) is 0.600. The molecule has 0 spiro atoms. The molecule has 25 heavy (non-hydrogen) atoms. The van der Waals surface area contributed by atoms with Gasteiger partial charge in [0, 0.05) is 38.8 Å². The largest absolute Gasteiger partial charge is 0.352 e. The molecule has 1 saturated heterocycles. The van der Waals surface area contributed by atoms with Gasteiger partial charge in [-0.15, -0.1) is 0 Å². The number of rotatable bonds is 5. The van der Waals surface area contributed by atoms with Crippen LogP contribution in [-0.2, 0) is 11.3 Å². The van der Waals surface area contributed by atoms with E-state index < -0.39 is 0 Å². The zero-order valence-electron chi connectivity index (χ0n) is 15.1. The van der Waals surface area contributed by atoms with E-state index in [1.54, 1.807) is 0 Å². The zero-order valence-corrected chi connectivity index (χ0v) is 15.1. The van der Waals surface area contributed by atoms with E-state index in [1.165, 1.54) is 18.4 Å². The van der Waals surface area contributed by atoms with Crippen LogP contribution in [0.1, 0.15) is 43.7 Å². The summed E-state index contributed by atoms with van der Waals surface area (Å²) in [4.78, 5) is 17.1. The SMILES string of the molecule is CC(C(=O)NC1CCCC1)N1CCN(Cc2ccc(C#N)cc2)CC1. The first-order valence-electron chi connectivity index (χ1n) is 9.41. The Morgan fingerprint density at radius 1 is 1.20 bits per heavy atom. The average Bonchev–Trinajstić information content (AvgIpc) is 3.15. The summed E-state index contributed by atoms with van der Waals surface area (Å²) in [5.74, 6) is 0.187. The predicted octanol–water partition coefficient (Wildman–Crippen LogP) is 2.12. The van der Waals surface area contributed by atoms with Gasteiger partial charge in [0.05, 0.1) is 17.7 Å². The highest BCUT2D eigenvalue weighted by Crippen LogP contribution is 2.18. The number of carbonyl (C=O) groups excluding carboxylic acids is 1. The van der Waals surface area contributed by atoms with E-state index in [0.29, 0.717) is 11.6 Å². The van der Waals surface area contributed by atoms with Gasteiger partial charge in [0.15, 0.2) is 0 Å². The minimum Gasteiger partial charge on any atom is -0.352 e. The van der Waals surface area contributed by atoms with Crippen LogP contribution in [0.4, 0.5) is 0 Å². The molecule has 1 N–H and O–H groups in total. The standard InChI is InChI=1S/C20H28N4O/c1-16(20(25)22-19-4-2-3-5-19)24-12-10-23(11-13-24)15-18-8-6-17(14-21)7-9-18/h6-9,16,19H,2-5,10-13,15H2,1H3,(H,22,25). The summed E-state index contributed by atoms with van der Waals surface area (Å²) in [7, 11) is 0. The molecule has 2 aliphatic rings. The maximum Gasteiger partial charge on any atom is 0.237 e. The van der Waals surface area contributed by atoms with Crippen LogP contribution < -0.4 is 5.32 Å². The number of benzene rings is 1. The van der Waals surface area contributed by atoms with E-state index in [1.807, 2.05) is 31.2 Å². The van der Waals surface area contributed by atoms with Crippen molar-refractivity contribution in [3.05, 3.63) is 35.4 Å². The molecule has 3 rings (SSSR count). The Balaban J connectivity index is 1.44. The van der Waals surface area contributed by atoms with Crippen molar-refractivity contribution in [1.29, 1.82) is 5.26 Å². The first kappa shape index (κ1) is 17.9. The molecular weight excluding hydrogens is 312 g/mol. The lowest BCUT2D eigenvalue weighted by molar-refractivity contribution is -0.127. The lowest BCUT2D eigenvalue weighted by atomic mass is 10.1. The number of piperazine rings is 1. The van der Waals surface area contributed by atoms with Crippen LogP contribution in [0.2, 0.25) is 0 Å². The fourth-order valence-corrected chi connectivity index (χ4v) is 3.81. The number of nitriles is 1. The smallest absolute Gasteiger partial charge is 0.237 e. The Labute approximate surface area is 150 Å². The van der Waals surface area contributed by atoms with E-state index in [0.717, 1.165) is 45.6 Å². The number of carbonyl (C=O) groups is 1. The van der Waals surface area contributed by atoms with Crippen LogP contribution >= 0.6 is 0 Å².